The molecule has 0 spiro atoms. The highest BCUT2D eigenvalue weighted by molar-refractivity contribution is 5.97. The number of fused-ring (bicyclic) bond motifs is 3. The first kappa shape index (κ1) is 26.6. The minimum Gasteiger partial charge on any atom is -0.489 e. The summed E-state index contributed by atoms with van der Waals surface area (Å²) in [6.07, 6.45) is 2.07. The van der Waals surface area contributed by atoms with Gasteiger partial charge in [0.2, 0.25) is 5.91 Å². The Morgan fingerprint density at radius 3 is 2.51 bits per heavy atom. The molecule has 37 heavy (non-hydrogen) atoms. The average Bonchev–Trinajstić information content (AvgIpc) is 2.93. The Labute approximate surface area is 218 Å². The Morgan fingerprint density at radius 1 is 1.00 bits per heavy atom. The summed E-state index contributed by atoms with van der Waals surface area (Å²) in [5.41, 5.74) is 1.60. The van der Waals surface area contributed by atoms with Crippen molar-refractivity contribution >= 4 is 11.8 Å². The van der Waals surface area contributed by atoms with Crippen LogP contribution in [0.25, 0.3) is 0 Å². The van der Waals surface area contributed by atoms with Crippen molar-refractivity contribution in [1.29, 1.82) is 5.26 Å². The second-order valence-corrected chi connectivity index (χ2v) is 9.85. The SMILES string of the molecule is CO[C@@H]1CC[C@H]2CCN(C)C(=O)C[C@H](c3ccccc3)CN(C)C(=O)c3cccc(C#N)c3OC[C@H]1O2. The molecule has 0 aliphatic carbocycles. The van der Waals surface area contributed by atoms with Gasteiger partial charge in [-0.05, 0) is 37.0 Å². The average molecular weight is 506 g/mol. The fourth-order valence-electron chi connectivity index (χ4n) is 5.14. The lowest BCUT2D eigenvalue weighted by molar-refractivity contribution is -0.145. The highest BCUT2D eigenvalue weighted by atomic mass is 16.6. The number of carbonyl (C=O) groups excluding carboxylic acids is 2. The van der Waals surface area contributed by atoms with Crippen LogP contribution in [0.5, 0.6) is 5.75 Å². The molecule has 2 amide bonds. The summed E-state index contributed by atoms with van der Waals surface area (Å²) < 4.78 is 18.1. The first-order valence-electron chi connectivity index (χ1n) is 12.8. The van der Waals surface area contributed by atoms with E-state index in [1.807, 2.05) is 37.4 Å². The Morgan fingerprint density at radius 2 is 1.78 bits per heavy atom. The maximum Gasteiger partial charge on any atom is 0.257 e. The number of nitrogens with zero attached hydrogens (tertiary/aromatic N) is 3. The number of methoxy groups -OCH3 is 1. The fraction of sp³-hybridized carbons (Fsp3) is 0.483. The van der Waals surface area contributed by atoms with Crippen molar-refractivity contribution in [2.75, 3.05) is 40.9 Å². The van der Waals surface area contributed by atoms with E-state index >= 15 is 0 Å². The van der Waals surface area contributed by atoms with Gasteiger partial charge in [-0.15, -0.1) is 0 Å². The van der Waals surface area contributed by atoms with Gasteiger partial charge in [0.05, 0.1) is 23.3 Å². The number of likely N-dealkylation sites (N-methyl/N-ethyl adjacent to an activating group) is 1. The maximum absolute atomic E-state index is 13.6. The zero-order valence-electron chi connectivity index (χ0n) is 21.8. The number of hydrogen-bond acceptors (Lipinski definition) is 6. The largest absolute Gasteiger partial charge is 0.489 e. The van der Waals surface area contributed by atoms with E-state index in [1.165, 1.54) is 0 Å². The van der Waals surface area contributed by atoms with Crippen LogP contribution in [0.1, 0.15) is 53.1 Å². The summed E-state index contributed by atoms with van der Waals surface area (Å²) in [6, 6.07) is 16.9. The Kier molecular flexibility index (Phi) is 8.80. The predicted octanol–water partition coefficient (Wildman–Crippen LogP) is 3.61. The highest BCUT2D eigenvalue weighted by Crippen LogP contribution is 2.30. The van der Waals surface area contributed by atoms with E-state index in [1.54, 1.807) is 42.2 Å². The van der Waals surface area contributed by atoms with Crippen molar-refractivity contribution in [3.63, 3.8) is 0 Å². The molecule has 196 valence electrons. The number of ether oxygens (including phenoxy) is 3. The molecule has 8 heteroatoms. The number of amides is 2. The monoisotopic (exact) mass is 505 g/mol. The molecule has 1 saturated heterocycles. The van der Waals surface area contributed by atoms with Crippen molar-refractivity contribution in [1.82, 2.24) is 9.80 Å². The van der Waals surface area contributed by atoms with E-state index in [2.05, 4.69) is 6.07 Å². The van der Waals surface area contributed by atoms with Crippen molar-refractivity contribution in [2.24, 2.45) is 0 Å². The van der Waals surface area contributed by atoms with E-state index in [9.17, 15) is 14.9 Å². The van der Waals surface area contributed by atoms with Crippen LogP contribution < -0.4 is 4.74 Å². The van der Waals surface area contributed by atoms with Crippen LogP contribution in [0.3, 0.4) is 0 Å². The summed E-state index contributed by atoms with van der Waals surface area (Å²) >= 11 is 0. The molecule has 2 aromatic rings. The van der Waals surface area contributed by atoms with E-state index in [0.717, 1.165) is 18.4 Å². The summed E-state index contributed by atoms with van der Waals surface area (Å²) in [5, 5.41) is 9.75. The van der Waals surface area contributed by atoms with Crippen molar-refractivity contribution < 1.29 is 23.8 Å². The number of para-hydroxylation sites is 1. The van der Waals surface area contributed by atoms with Gasteiger partial charge < -0.3 is 24.0 Å². The van der Waals surface area contributed by atoms with Crippen molar-refractivity contribution in [3.8, 4) is 11.8 Å². The number of hydrogen-bond donors (Lipinski definition) is 0. The molecule has 2 aliphatic heterocycles. The van der Waals surface area contributed by atoms with Crippen LogP contribution >= 0.6 is 0 Å². The molecule has 4 rings (SSSR count). The minimum atomic E-state index is -0.354. The van der Waals surface area contributed by atoms with Gasteiger partial charge in [-0.2, -0.15) is 5.26 Å². The number of benzene rings is 2. The lowest BCUT2D eigenvalue weighted by Gasteiger charge is -2.36. The molecule has 2 aromatic carbocycles. The third-order valence-corrected chi connectivity index (χ3v) is 7.36. The number of nitriles is 1. The standard InChI is InChI=1S/C29H35N3O5/c1-31-15-14-23-12-13-25(35-3)26(37-23)19-36-28-21(17-30)10-7-11-24(28)29(34)32(2)18-22(16-27(31)33)20-8-5-4-6-9-20/h4-11,22-23,25-26H,12-16,18-19H2,1-3H3/t22-,23-,25+,26+/m0/s1. The predicted molar refractivity (Wildman–Crippen MR) is 138 cm³/mol. The Hall–Kier alpha value is -3.41. The second kappa shape index (κ2) is 12.2. The molecule has 0 unspecified atom stereocenters. The van der Waals surface area contributed by atoms with Gasteiger partial charge in [-0.1, -0.05) is 36.4 Å². The molecule has 0 aromatic heterocycles. The van der Waals surface area contributed by atoms with Crippen LogP contribution in [0.15, 0.2) is 48.5 Å². The fourth-order valence-corrected chi connectivity index (χ4v) is 5.14. The van der Waals surface area contributed by atoms with E-state index < -0.39 is 0 Å². The first-order valence-corrected chi connectivity index (χ1v) is 12.8. The van der Waals surface area contributed by atoms with Gasteiger partial charge in [-0.3, -0.25) is 9.59 Å². The van der Waals surface area contributed by atoms with Gasteiger partial charge in [0, 0.05) is 46.6 Å². The topological polar surface area (TPSA) is 92.1 Å². The molecular weight excluding hydrogens is 470 g/mol. The summed E-state index contributed by atoms with van der Waals surface area (Å²) in [4.78, 5) is 30.2. The van der Waals surface area contributed by atoms with E-state index in [-0.39, 0.29) is 60.4 Å². The quantitative estimate of drug-likeness (QED) is 0.619. The molecule has 2 heterocycles. The smallest absolute Gasteiger partial charge is 0.257 e. The molecule has 2 bridgehead atoms. The summed E-state index contributed by atoms with van der Waals surface area (Å²) in [7, 11) is 5.19. The third kappa shape index (κ3) is 6.30. The van der Waals surface area contributed by atoms with Crippen molar-refractivity contribution in [2.45, 2.75) is 49.9 Å². The van der Waals surface area contributed by atoms with Gasteiger partial charge in [0.15, 0.2) is 0 Å². The minimum absolute atomic E-state index is 0.0272. The molecule has 2 aliphatic rings. The molecular formula is C29H35N3O5. The van der Waals surface area contributed by atoms with Crippen LogP contribution in [0, 0.1) is 11.3 Å². The number of rotatable bonds is 2. The molecule has 0 N–H and O–H groups in total. The van der Waals surface area contributed by atoms with Gasteiger partial charge in [-0.25, -0.2) is 0 Å². The highest BCUT2D eigenvalue weighted by Gasteiger charge is 2.33. The third-order valence-electron chi connectivity index (χ3n) is 7.36. The molecule has 8 nitrogen and oxygen atoms in total. The maximum atomic E-state index is 13.6. The lowest BCUT2D eigenvalue weighted by atomic mass is 9.94. The van der Waals surface area contributed by atoms with Gasteiger partial charge in [0.25, 0.3) is 5.91 Å². The van der Waals surface area contributed by atoms with Crippen LogP contribution in [0.4, 0.5) is 0 Å². The summed E-state index contributed by atoms with van der Waals surface area (Å²) in [6.45, 7) is 1.07. The van der Waals surface area contributed by atoms with Crippen LogP contribution in [-0.2, 0) is 14.3 Å². The van der Waals surface area contributed by atoms with Crippen LogP contribution in [0.2, 0.25) is 0 Å². The van der Waals surface area contributed by atoms with E-state index in [0.29, 0.717) is 25.1 Å². The summed E-state index contributed by atoms with van der Waals surface area (Å²) in [5.74, 6) is -0.174. The normalized spacial score (nSPS) is 25.7. The molecule has 0 saturated carbocycles. The van der Waals surface area contributed by atoms with Crippen molar-refractivity contribution in [3.05, 3.63) is 65.2 Å². The van der Waals surface area contributed by atoms with Crippen LogP contribution in [-0.4, -0.2) is 80.8 Å². The van der Waals surface area contributed by atoms with Gasteiger partial charge >= 0.3 is 0 Å². The molecule has 4 atom stereocenters. The molecule has 1 fully saturated rings. The Bertz CT molecular complexity index is 1130. The molecule has 0 radical (unpaired) electrons. The zero-order valence-corrected chi connectivity index (χ0v) is 21.8. The Balaban J connectivity index is 1.70. The van der Waals surface area contributed by atoms with E-state index in [4.69, 9.17) is 14.2 Å². The zero-order chi connectivity index (χ0) is 26.4. The van der Waals surface area contributed by atoms with Gasteiger partial charge in [0.1, 0.15) is 24.5 Å². The lowest BCUT2D eigenvalue weighted by Crippen LogP contribution is -2.45. The second-order valence-electron chi connectivity index (χ2n) is 9.85. The number of carbonyl (C=O) groups is 2. The first-order chi connectivity index (χ1) is 17.9.